The van der Waals surface area contributed by atoms with Crippen LogP contribution in [0.25, 0.3) is 10.9 Å². The Balaban J connectivity index is 1.85. The molecule has 1 fully saturated rings. The van der Waals surface area contributed by atoms with Crippen LogP contribution in [0.15, 0.2) is 40.3 Å². The average molecular weight is 509 g/mol. The van der Waals surface area contributed by atoms with Crippen LogP contribution in [0.3, 0.4) is 0 Å². The van der Waals surface area contributed by atoms with Gasteiger partial charge in [0, 0.05) is 22.7 Å². The second-order valence-electron chi connectivity index (χ2n) is 11.4. The first-order valence-electron chi connectivity index (χ1n) is 12.9. The Labute approximate surface area is 213 Å². The van der Waals surface area contributed by atoms with Gasteiger partial charge in [0.2, 0.25) is 15.7 Å². The number of hydrogen-bond acceptors (Lipinski definition) is 4. The molecule has 6 nitrogen and oxygen atoms in total. The lowest BCUT2D eigenvalue weighted by molar-refractivity contribution is -0.151. The number of ether oxygens (including phenoxy) is 1. The third-order valence-electron chi connectivity index (χ3n) is 7.95. The van der Waals surface area contributed by atoms with Crippen LogP contribution in [-0.4, -0.2) is 32.0 Å². The van der Waals surface area contributed by atoms with E-state index in [4.69, 9.17) is 4.74 Å². The molecule has 2 aromatic carbocycles. The summed E-state index contributed by atoms with van der Waals surface area (Å²) in [4.78, 5) is 16.2. The number of amides is 1. The monoisotopic (exact) mass is 508 g/mol. The summed E-state index contributed by atoms with van der Waals surface area (Å²) in [6.45, 7) is 14.3. The highest BCUT2D eigenvalue weighted by Crippen LogP contribution is 2.48. The van der Waals surface area contributed by atoms with Crippen LogP contribution in [0, 0.1) is 0 Å². The Morgan fingerprint density at radius 3 is 2.22 bits per heavy atom. The van der Waals surface area contributed by atoms with Gasteiger partial charge in [0.05, 0.1) is 15.8 Å². The predicted octanol–water partition coefficient (Wildman–Crippen LogP) is 5.66. The van der Waals surface area contributed by atoms with Crippen molar-refractivity contribution in [3.63, 3.8) is 0 Å². The summed E-state index contributed by atoms with van der Waals surface area (Å²) >= 11 is 0. The van der Waals surface area contributed by atoms with Gasteiger partial charge in [-0.25, -0.2) is 8.42 Å². The van der Waals surface area contributed by atoms with Crippen molar-refractivity contribution in [1.29, 1.82) is 0 Å². The second kappa shape index (κ2) is 8.45. The lowest BCUT2D eigenvalue weighted by Crippen LogP contribution is -2.59. The maximum atomic E-state index is 14.8. The van der Waals surface area contributed by atoms with E-state index in [1.165, 1.54) is 0 Å². The van der Waals surface area contributed by atoms with Crippen molar-refractivity contribution in [2.45, 2.75) is 94.1 Å². The molecule has 36 heavy (non-hydrogen) atoms. The Kier molecular flexibility index (Phi) is 5.88. The largest absolute Gasteiger partial charge is 0.361 e. The number of hydrogen-bond donors (Lipinski definition) is 2. The molecule has 1 amide bonds. The minimum Gasteiger partial charge on any atom is -0.361 e. The SMILES string of the molecule is CC(C)c1cc(C(C)C)c(S(=O)(=O)c2ccc3[nH]cc4c3c2[C@@]2(C)OCC(=O)N[C@@H]2C4)c(C(C)C)c1. The highest BCUT2D eigenvalue weighted by molar-refractivity contribution is 7.91. The molecule has 1 saturated heterocycles. The third-order valence-corrected chi connectivity index (χ3v) is 9.88. The number of morpholine rings is 1. The molecule has 2 atom stereocenters. The molecule has 0 bridgehead atoms. The molecule has 3 aromatic rings. The quantitative estimate of drug-likeness (QED) is 0.466. The zero-order valence-electron chi connectivity index (χ0n) is 22.2. The molecule has 1 aliphatic heterocycles. The smallest absolute Gasteiger partial charge is 0.246 e. The van der Waals surface area contributed by atoms with Crippen LogP contribution in [0.2, 0.25) is 0 Å². The van der Waals surface area contributed by atoms with Crippen molar-refractivity contribution < 1.29 is 17.9 Å². The van der Waals surface area contributed by atoms with Crippen LogP contribution in [0.1, 0.15) is 94.0 Å². The summed E-state index contributed by atoms with van der Waals surface area (Å²) in [5.41, 5.74) is 4.40. The minimum atomic E-state index is -3.94. The molecule has 2 heterocycles. The molecule has 5 rings (SSSR count). The van der Waals surface area contributed by atoms with Crippen molar-refractivity contribution in [2.24, 2.45) is 0 Å². The van der Waals surface area contributed by atoms with E-state index in [0.717, 1.165) is 33.2 Å². The molecular formula is C29H36N2O4S. The summed E-state index contributed by atoms with van der Waals surface area (Å²) in [6.07, 6.45) is 2.50. The summed E-state index contributed by atoms with van der Waals surface area (Å²) < 4.78 is 35.7. The molecule has 1 aromatic heterocycles. The van der Waals surface area contributed by atoms with E-state index in [-0.39, 0.29) is 41.2 Å². The molecular weight excluding hydrogens is 472 g/mol. The first kappa shape index (κ1) is 25.0. The summed E-state index contributed by atoms with van der Waals surface area (Å²) in [5.74, 6) is 0.168. The predicted molar refractivity (Wildman–Crippen MR) is 141 cm³/mol. The molecule has 0 spiro atoms. The summed E-state index contributed by atoms with van der Waals surface area (Å²) in [5, 5.41) is 3.95. The molecule has 0 unspecified atom stereocenters. The van der Waals surface area contributed by atoms with Gasteiger partial charge in [0.25, 0.3) is 0 Å². The molecule has 192 valence electrons. The molecule has 1 aliphatic carbocycles. The Morgan fingerprint density at radius 1 is 1.00 bits per heavy atom. The van der Waals surface area contributed by atoms with E-state index in [0.29, 0.717) is 16.9 Å². The zero-order chi connectivity index (χ0) is 26.2. The van der Waals surface area contributed by atoms with Crippen molar-refractivity contribution in [2.75, 3.05) is 6.61 Å². The number of rotatable bonds is 5. The number of aromatic nitrogens is 1. The summed E-state index contributed by atoms with van der Waals surface area (Å²) in [6, 6.07) is 7.36. The van der Waals surface area contributed by atoms with Crippen molar-refractivity contribution in [3.8, 4) is 0 Å². The van der Waals surface area contributed by atoms with Gasteiger partial charge in [-0.2, -0.15) is 0 Å². The van der Waals surface area contributed by atoms with Gasteiger partial charge < -0.3 is 15.0 Å². The fraction of sp³-hybridized carbons (Fsp3) is 0.483. The Hall–Kier alpha value is -2.64. The molecule has 2 N–H and O–H groups in total. The first-order valence-corrected chi connectivity index (χ1v) is 14.3. The first-order chi connectivity index (χ1) is 16.9. The van der Waals surface area contributed by atoms with E-state index in [2.05, 4.69) is 64.0 Å². The van der Waals surface area contributed by atoms with Crippen LogP contribution >= 0.6 is 0 Å². The second-order valence-corrected chi connectivity index (χ2v) is 13.2. The lowest BCUT2D eigenvalue weighted by Gasteiger charge is -2.45. The van der Waals surface area contributed by atoms with Crippen LogP contribution < -0.4 is 5.32 Å². The molecule has 0 radical (unpaired) electrons. The minimum absolute atomic E-state index is 0.0300. The van der Waals surface area contributed by atoms with Crippen molar-refractivity contribution >= 4 is 26.6 Å². The van der Waals surface area contributed by atoms with Gasteiger partial charge in [-0.15, -0.1) is 0 Å². The highest BCUT2D eigenvalue weighted by atomic mass is 32.2. The van der Waals surface area contributed by atoms with Gasteiger partial charge in [-0.3, -0.25) is 4.79 Å². The van der Waals surface area contributed by atoms with Crippen molar-refractivity contribution in [1.82, 2.24) is 10.3 Å². The van der Waals surface area contributed by atoms with E-state index < -0.39 is 15.4 Å². The van der Waals surface area contributed by atoms with Gasteiger partial charge in [0.1, 0.15) is 12.2 Å². The molecule has 2 aliphatic rings. The average Bonchev–Trinajstić information content (AvgIpc) is 3.22. The Morgan fingerprint density at radius 2 is 1.64 bits per heavy atom. The lowest BCUT2D eigenvalue weighted by atomic mass is 9.76. The maximum absolute atomic E-state index is 14.8. The van der Waals surface area contributed by atoms with Crippen LogP contribution in [-0.2, 0) is 31.4 Å². The number of carbonyl (C=O) groups is 1. The number of nitrogens with one attached hydrogen (secondary N) is 2. The summed E-state index contributed by atoms with van der Waals surface area (Å²) in [7, 11) is -3.94. The van der Waals surface area contributed by atoms with Crippen molar-refractivity contribution in [3.05, 3.63) is 58.3 Å². The fourth-order valence-corrected chi connectivity index (χ4v) is 8.11. The number of carbonyl (C=O) groups excluding carboxylic acids is 1. The third kappa shape index (κ3) is 3.62. The molecule has 0 saturated carbocycles. The normalized spacial score (nSPS) is 21.9. The number of H-pyrrole nitrogens is 1. The van der Waals surface area contributed by atoms with Gasteiger partial charge in [-0.05, 0) is 65.5 Å². The van der Waals surface area contributed by atoms with E-state index in [1.807, 2.05) is 19.2 Å². The van der Waals surface area contributed by atoms with E-state index in [1.54, 1.807) is 6.07 Å². The van der Waals surface area contributed by atoms with Gasteiger partial charge >= 0.3 is 0 Å². The number of benzene rings is 2. The maximum Gasteiger partial charge on any atom is 0.246 e. The number of sulfone groups is 1. The topological polar surface area (TPSA) is 88.3 Å². The number of aromatic amines is 1. The number of fused-ring (bicyclic) bond motifs is 2. The van der Waals surface area contributed by atoms with Crippen LogP contribution in [0.4, 0.5) is 0 Å². The van der Waals surface area contributed by atoms with Crippen LogP contribution in [0.5, 0.6) is 0 Å². The highest BCUT2D eigenvalue weighted by Gasteiger charge is 2.49. The van der Waals surface area contributed by atoms with E-state index in [9.17, 15) is 13.2 Å². The van der Waals surface area contributed by atoms with Gasteiger partial charge in [-0.1, -0.05) is 53.7 Å². The van der Waals surface area contributed by atoms with Gasteiger partial charge in [0.15, 0.2) is 0 Å². The molecule has 7 heteroatoms. The fourth-order valence-electron chi connectivity index (χ4n) is 5.86. The zero-order valence-corrected chi connectivity index (χ0v) is 23.0. The standard InChI is InChI=1S/C29H36N2O4S/c1-15(2)18-10-20(16(3)4)28(21(11-18)17(5)6)36(33,34)23-9-8-22-26-19(13-30-22)12-24-29(7,27(23)26)35-14-25(32)31-24/h8-11,13,15-17,24,30H,12,14H2,1-7H3,(H,31,32)/t24-,29+/m1/s1. The van der Waals surface area contributed by atoms with E-state index >= 15 is 0 Å². The Bertz CT molecular complexity index is 1450.